The summed E-state index contributed by atoms with van der Waals surface area (Å²) in [6, 6.07) is 0. The minimum atomic E-state index is -3.23. The van der Waals surface area contributed by atoms with Crippen LogP contribution >= 0.6 is 0 Å². The number of hydrogen-bond acceptors (Lipinski definition) is 3. The lowest BCUT2D eigenvalue weighted by Crippen LogP contribution is -2.29. The first-order valence-electron chi connectivity index (χ1n) is 3.18. The van der Waals surface area contributed by atoms with Gasteiger partial charge in [-0.25, -0.2) is 8.42 Å². The van der Waals surface area contributed by atoms with Crippen LogP contribution in [0.3, 0.4) is 0 Å². The Labute approximate surface area is 66.1 Å². The largest absolute Gasteiger partial charge is 0.481 e. The topological polar surface area (TPSA) is 71.4 Å². The molecule has 0 aromatic rings. The fourth-order valence-electron chi connectivity index (χ4n) is 0.572. The zero-order valence-corrected chi connectivity index (χ0v) is 7.55. The number of rotatable bonds is 3. The van der Waals surface area contributed by atoms with Crippen molar-refractivity contribution in [3.8, 4) is 0 Å². The Balaban J connectivity index is 4.51. The van der Waals surface area contributed by atoms with Crippen LogP contribution < -0.4 is 0 Å². The second-order valence-corrected chi connectivity index (χ2v) is 5.06. The first-order valence-corrected chi connectivity index (χ1v) is 5.14. The quantitative estimate of drug-likeness (QED) is 0.670. The molecule has 0 spiro atoms. The van der Waals surface area contributed by atoms with Crippen LogP contribution in [-0.4, -0.2) is 31.0 Å². The zero-order chi connectivity index (χ0) is 9.23. The molecule has 11 heavy (non-hydrogen) atoms. The van der Waals surface area contributed by atoms with Crippen molar-refractivity contribution in [3.63, 3.8) is 0 Å². The molecular weight excluding hydrogens is 168 g/mol. The third kappa shape index (κ3) is 2.88. The lowest BCUT2D eigenvalue weighted by Gasteiger charge is -2.12. The van der Waals surface area contributed by atoms with Gasteiger partial charge in [-0.1, -0.05) is 6.92 Å². The van der Waals surface area contributed by atoms with Gasteiger partial charge in [-0.15, -0.1) is 0 Å². The van der Waals surface area contributed by atoms with E-state index in [1.165, 1.54) is 13.8 Å². The molecule has 0 rings (SSSR count). The van der Waals surface area contributed by atoms with Gasteiger partial charge >= 0.3 is 5.97 Å². The first kappa shape index (κ1) is 10.4. The maximum atomic E-state index is 10.8. The number of hydrogen-bond donors (Lipinski definition) is 1. The van der Waals surface area contributed by atoms with Gasteiger partial charge in [0, 0.05) is 6.26 Å². The lowest BCUT2D eigenvalue weighted by molar-refractivity contribution is -0.141. The van der Waals surface area contributed by atoms with Gasteiger partial charge in [0.25, 0.3) is 0 Å². The molecule has 0 aliphatic heterocycles. The van der Waals surface area contributed by atoms with Gasteiger partial charge in [-0.2, -0.15) is 0 Å². The second kappa shape index (κ2) is 3.21. The van der Waals surface area contributed by atoms with Crippen LogP contribution in [0.5, 0.6) is 0 Å². The molecule has 5 heteroatoms. The number of carbonyl (C=O) groups is 1. The molecule has 0 heterocycles. The molecular formula is C6H12O4S. The van der Waals surface area contributed by atoms with E-state index >= 15 is 0 Å². The normalized spacial score (nSPS) is 17.4. The van der Waals surface area contributed by atoms with Crippen molar-refractivity contribution in [2.24, 2.45) is 5.92 Å². The molecule has 0 aliphatic carbocycles. The Morgan fingerprint density at radius 3 is 1.82 bits per heavy atom. The predicted molar refractivity (Wildman–Crippen MR) is 41.1 cm³/mol. The highest BCUT2D eigenvalue weighted by atomic mass is 32.2. The maximum Gasteiger partial charge on any atom is 0.307 e. The van der Waals surface area contributed by atoms with Crippen LogP contribution in [0, 0.1) is 5.92 Å². The summed E-state index contributed by atoms with van der Waals surface area (Å²) in [6.07, 6.45) is 1.04. The van der Waals surface area contributed by atoms with Crippen molar-refractivity contribution in [3.05, 3.63) is 0 Å². The van der Waals surface area contributed by atoms with E-state index in [9.17, 15) is 13.2 Å². The molecule has 1 N–H and O–H groups in total. The highest BCUT2D eigenvalue weighted by molar-refractivity contribution is 7.91. The monoisotopic (exact) mass is 180 g/mol. The van der Waals surface area contributed by atoms with E-state index in [-0.39, 0.29) is 0 Å². The fourth-order valence-corrected chi connectivity index (χ4v) is 1.43. The van der Waals surface area contributed by atoms with Gasteiger partial charge in [-0.3, -0.25) is 4.79 Å². The molecule has 4 nitrogen and oxygen atoms in total. The molecule has 0 radical (unpaired) electrons. The Hall–Kier alpha value is -0.580. The highest BCUT2D eigenvalue weighted by Gasteiger charge is 2.27. The Morgan fingerprint density at radius 2 is 1.73 bits per heavy atom. The average molecular weight is 180 g/mol. The Morgan fingerprint density at radius 1 is 1.36 bits per heavy atom. The summed E-state index contributed by atoms with van der Waals surface area (Å²) < 4.78 is 21.6. The average Bonchev–Trinajstić information content (AvgIpc) is 1.82. The second-order valence-electron chi connectivity index (χ2n) is 2.66. The van der Waals surface area contributed by atoms with E-state index in [2.05, 4.69) is 0 Å². The molecule has 0 saturated heterocycles. The molecule has 0 bridgehead atoms. The van der Waals surface area contributed by atoms with E-state index < -0.39 is 27.0 Å². The number of carboxylic acid groups (broad SMARTS) is 1. The fraction of sp³-hybridized carbons (Fsp3) is 0.833. The van der Waals surface area contributed by atoms with Gasteiger partial charge in [0.05, 0.1) is 11.2 Å². The molecule has 0 saturated carbocycles. The number of sulfone groups is 1. The van der Waals surface area contributed by atoms with E-state index in [1.807, 2.05) is 0 Å². The molecule has 0 amide bonds. The first-order chi connectivity index (χ1) is 4.76. The molecule has 0 aromatic carbocycles. The molecule has 2 atom stereocenters. The Kier molecular flexibility index (Phi) is 3.04. The van der Waals surface area contributed by atoms with Gasteiger partial charge in [0.1, 0.15) is 0 Å². The third-order valence-electron chi connectivity index (χ3n) is 1.77. The summed E-state index contributed by atoms with van der Waals surface area (Å²) in [5.74, 6) is -1.92. The van der Waals surface area contributed by atoms with Gasteiger partial charge in [0.15, 0.2) is 9.84 Å². The Bertz CT molecular complexity index is 241. The third-order valence-corrected chi connectivity index (χ3v) is 3.53. The van der Waals surface area contributed by atoms with Gasteiger partial charge in [0.2, 0.25) is 0 Å². The van der Waals surface area contributed by atoms with Gasteiger partial charge in [-0.05, 0) is 6.92 Å². The van der Waals surface area contributed by atoms with Crippen LogP contribution in [-0.2, 0) is 14.6 Å². The molecule has 66 valence electrons. The summed E-state index contributed by atoms with van der Waals surface area (Å²) in [5.41, 5.74) is 0. The van der Waals surface area contributed by atoms with E-state index in [0.29, 0.717) is 0 Å². The van der Waals surface area contributed by atoms with E-state index in [1.54, 1.807) is 0 Å². The van der Waals surface area contributed by atoms with Crippen molar-refractivity contribution in [1.82, 2.24) is 0 Å². The number of carboxylic acids is 1. The summed E-state index contributed by atoms with van der Waals surface area (Å²) in [5, 5.41) is 7.63. The van der Waals surface area contributed by atoms with Crippen molar-refractivity contribution >= 4 is 15.8 Å². The summed E-state index contributed by atoms with van der Waals surface area (Å²) in [4.78, 5) is 10.3. The van der Waals surface area contributed by atoms with Gasteiger partial charge < -0.3 is 5.11 Å². The molecule has 0 aromatic heterocycles. The highest BCUT2D eigenvalue weighted by Crippen LogP contribution is 2.10. The molecule has 0 unspecified atom stereocenters. The van der Waals surface area contributed by atoms with Crippen LogP contribution in [0.1, 0.15) is 13.8 Å². The summed E-state index contributed by atoms with van der Waals surface area (Å²) >= 11 is 0. The minimum absolute atomic E-state index is 0.819. The maximum absolute atomic E-state index is 10.8. The molecule has 0 fully saturated rings. The summed E-state index contributed by atoms with van der Waals surface area (Å²) in [7, 11) is -3.23. The van der Waals surface area contributed by atoms with Crippen LogP contribution in [0.15, 0.2) is 0 Å². The van der Waals surface area contributed by atoms with Crippen molar-refractivity contribution in [1.29, 1.82) is 0 Å². The van der Waals surface area contributed by atoms with Crippen LogP contribution in [0.25, 0.3) is 0 Å². The van der Waals surface area contributed by atoms with Crippen LogP contribution in [0.4, 0.5) is 0 Å². The van der Waals surface area contributed by atoms with E-state index in [0.717, 1.165) is 6.26 Å². The predicted octanol–water partition coefficient (Wildman–Crippen LogP) is 0.140. The van der Waals surface area contributed by atoms with Crippen molar-refractivity contribution < 1.29 is 18.3 Å². The number of aliphatic carboxylic acids is 1. The smallest absolute Gasteiger partial charge is 0.307 e. The van der Waals surface area contributed by atoms with E-state index in [4.69, 9.17) is 5.11 Å². The van der Waals surface area contributed by atoms with Crippen molar-refractivity contribution in [2.75, 3.05) is 6.26 Å². The molecule has 0 aliphatic rings. The lowest BCUT2D eigenvalue weighted by atomic mass is 10.1. The van der Waals surface area contributed by atoms with Crippen LogP contribution in [0.2, 0.25) is 0 Å². The minimum Gasteiger partial charge on any atom is -0.481 e. The standard InChI is InChI=1S/C6H12O4S/c1-4(6(7)8)5(2)11(3,9)10/h4-5H,1-3H3,(H,7,8)/t4-,5+/m0/s1. The van der Waals surface area contributed by atoms with Crippen molar-refractivity contribution in [2.45, 2.75) is 19.1 Å². The summed E-state index contributed by atoms with van der Waals surface area (Å²) in [6.45, 7) is 2.78. The SMILES string of the molecule is C[C@H](C(=O)O)[C@@H](C)S(C)(=O)=O. The zero-order valence-electron chi connectivity index (χ0n) is 6.73.